The number of carboxylic acid groups (broad SMARTS) is 1. The predicted octanol–water partition coefficient (Wildman–Crippen LogP) is 2.08. The van der Waals surface area contributed by atoms with E-state index in [9.17, 15) is 14.4 Å². The number of hydrogen-bond acceptors (Lipinski definition) is 3. The maximum atomic E-state index is 11.7. The summed E-state index contributed by atoms with van der Waals surface area (Å²) >= 11 is 0. The molecule has 2 amide bonds. The van der Waals surface area contributed by atoms with E-state index in [0.717, 1.165) is 18.8 Å². The predicted molar refractivity (Wildman–Crippen MR) is 87.9 cm³/mol. The molecule has 0 heterocycles. The number of carbonyl (C=O) groups is 3. The van der Waals surface area contributed by atoms with Gasteiger partial charge in [-0.25, -0.2) is 0 Å². The van der Waals surface area contributed by atoms with Gasteiger partial charge >= 0.3 is 5.97 Å². The number of hydrogen-bond donors (Lipinski definition) is 3. The minimum Gasteiger partial charge on any atom is -0.481 e. The van der Waals surface area contributed by atoms with E-state index in [1.165, 1.54) is 45.4 Å². The van der Waals surface area contributed by atoms with Crippen LogP contribution in [0.15, 0.2) is 0 Å². The minimum absolute atomic E-state index is 0.0748. The van der Waals surface area contributed by atoms with Gasteiger partial charge in [-0.2, -0.15) is 0 Å². The lowest BCUT2D eigenvalue weighted by molar-refractivity contribution is -0.141. The highest BCUT2D eigenvalue weighted by molar-refractivity contribution is 5.84. The first-order valence-corrected chi connectivity index (χ1v) is 8.75. The molecular formula is C17H30N2O4. The Morgan fingerprint density at radius 2 is 1.74 bits per heavy atom. The molecule has 0 unspecified atom stereocenters. The molecule has 1 aliphatic rings. The highest BCUT2D eigenvalue weighted by Crippen LogP contribution is 2.27. The van der Waals surface area contributed by atoms with Gasteiger partial charge in [-0.05, 0) is 12.3 Å². The van der Waals surface area contributed by atoms with E-state index in [2.05, 4.69) is 10.6 Å². The molecule has 0 aliphatic heterocycles. The second kappa shape index (κ2) is 11.0. The molecule has 1 saturated carbocycles. The van der Waals surface area contributed by atoms with Crippen LogP contribution in [0.1, 0.15) is 64.7 Å². The van der Waals surface area contributed by atoms with E-state index in [0.29, 0.717) is 6.42 Å². The smallest absolute Gasteiger partial charge is 0.308 e. The number of nitrogens with one attached hydrogen (secondary N) is 2. The topological polar surface area (TPSA) is 95.5 Å². The first kappa shape index (κ1) is 19.5. The summed E-state index contributed by atoms with van der Waals surface area (Å²) in [5.74, 6) is -1.21. The zero-order valence-electron chi connectivity index (χ0n) is 14.1. The van der Waals surface area contributed by atoms with Gasteiger partial charge in [0.2, 0.25) is 11.8 Å². The molecule has 1 rings (SSSR count). The molecule has 0 spiro atoms. The number of unbranched alkanes of at least 4 members (excludes halogenated alkanes) is 1. The molecule has 0 aromatic rings. The number of carbonyl (C=O) groups excluding carboxylic acids is 2. The molecular weight excluding hydrogens is 296 g/mol. The Morgan fingerprint density at radius 1 is 1.04 bits per heavy atom. The Morgan fingerprint density at radius 3 is 2.39 bits per heavy atom. The van der Waals surface area contributed by atoms with Crippen molar-refractivity contribution in [3.63, 3.8) is 0 Å². The van der Waals surface area contributed by atoms with Crippen LogP contribution in [-0.4, -0.2) is 36.0 Å². The summed E-state index contributed by atoms with van der Waals surface area (Å²) < 4.78 is 0. The Balaban J connectivity index is 2.00. The number of rotatable bonds is 10. The molecule has 1 aliphatic carbocycles. The monoisotopic (exact) mass is 326 g/mol. The normalized spacial score (nSPS) is 16.6. The Hall–Kier alpha value is -1.59. The Bertz CT molecular complexity index is 392. The van der Waals surface area contributed by atoms with Crippen LogP contribution in [0.25, 0.3) is 0 Å². The van der Waals surface area contributed by atoms with Gasteiger partial charge in [-0.15, -0.1) is 0 Å². The van der Waals surface area contributed by atoms with E-state index in [-0.39, 0.29) is 24.9 Å². The molecule has 132 valence electrons. The van der Waals surface area contributed by atoms with Crippen LogP contribution in [0.2, 0.25) is 0 Å². The molecule has 1 fully saturated rings. The Labute approximate surface area is 138 Å². The molecule has 0 radical (unpaired) electrons. The van der Waals surface area contributed by atoms with Gasteiger partial charge in [0.05, 0.1) is 12.5 Å². The van der Waals surface area contributed by atoms with Crippen molar-refractivity contribution in [2.45, 2.75) is 64.7 Å². The quantitative estimate of drug-likeness (QED) is 0.536. The molecule has 3 N–H and O–H groups in total. The minimum atomic E-state index is -0.952. The van der Waals surface area contributed by atoms with E-state index in [1.54, 1.807) is 0 Å². The lowest BCUT2D eigenvalue weighted by atomic mass is 9.85. The highest BCUT2D eigenvalue weighted by Gasteiger charge is 2.14. The maximum absolute atomic E-state index is 11.7. The van der Waals surface area contributed by atoms with Crippen LogP contribution in [-0.2, 0) is 14.4 Å². The third-order valence-corrected chi connectivity index (χ3v) is 4.46. The summed E-state index contributed by atoms with van der Waals surface area (Å²) in [5.41, 5.74) is 0. The molecule has 1 atom stereocenters. The van der Waals surface area contributed by atoms with Gasteiger partial charge in [0, 0.05) is 13.0 Å². The molecule has 0 saturated heterocycles. The maximum Gasteiger partial charge on any atom is 0.308 e. The SMILES string of the molecule is C[C@@H](CNC(=O)CNC(=O)CCCCC1CCCCC1)C(=O)O. The van der Waals surface area contributed by atoms with Crippen molar-refractivity contribution >= 4 is 17.8 Å². The van der Waals surface area contributed by atoms with Crippen LogP contribution < -0.4 is 10.6 Å². The molecule has 6 nitrogen and oxygen atoms in total. The van der Waals surface area contributed by atoms with Gasteiger partial charge in [0.15, 0.2) is 0 Å². The van der Waals surface area contributed by atoms with Crippen LogP contribution >= 0.6 is 0 Å². The molecule has 0 bridgehead atoms. The van der Waals surface area contributed by atoms with Gasteiger partial charge < -0.3 is 15.7 Å². The van der Waals surface area contributed by atoms with Crippen LogP contribution in [0.5, 0.6) is 0 Å². The average Bonchev–Trinajstić information content (AvgIpc) is 2.55. The van der Waals surface area contributed by atoms with Gasteiger partial charge in [0.25, 0.3) is 0 Å². The summed E-state index contributed by atoms with van der Waals surface area (Å²) in [5, 5.41) is 13.8. The number of amides is 2. The summed E-state index contributed by atoms with van der Waals surface area (Å²) in [6.07, 6.45) is 10.3. The lowest BCUT2D eigenvalue weighted by Crippen LogP contribution is -2.39. The van der Waals surface area contributed by atoms with E-state index < -0.39 is 11.9 Å². The molecule has 6 heteroatoms. The fourth-order valence-corrected chi connectivity index (χ4v) is 2.88. The summed E-state index contributed by atoms with van der Waals surface area (Å²) in [6, 6.07) is 0. The fourth-order valence-electron chi connectivity index (χ4n) is 2.88. The van der Waals surface area contributed by atoms with E-state index in [1.807, 2.05) is 0 Å². The second-order valence-electron chi connectivity index (χ2n) is 6.57. The Kier molecular flexibility index (Phi) is 9.33. The number of aliphatic carboxylic acids is 1. The van der Waals surface area contributed by atoms with Crippen LogP contribution in [0, 0.1) is 11.8 Å². The third-order valence-electron chi connectivity index (χ3n) is 4.46. The fraction of sp³-hybridized carbons (Fsp3) is 0.824. The standard InChI is InChI=1S/C17H30N2O4/c1-13(17(22)23)11-18-16(21)12-19-15(20)10-6-5-9-14-7-3-2-4-8-14/h13-14H,2-12H2,1H3,(H,18,21)(H,19,20)(H,22,23)/t13-/m0/s1. The lowest BCUT2D eigenvalue weighted by Gasteiger charge is -2.21. The number of carboxylic acids is 1. The van der Waals surface area contributed by atoms with Crippen molar-refractivity contribution in [3.05, 3.63) is 0 Å². The van der Waals surface area contributed by atoms with Crippen molar-refractivity contribution in [1.29, 1.82) is 0 Å². The van der Waals surface area contributed by atoms with Crippen molar-refractivity contribution < 1.29 is 19.5 Å². The van der Waals surface area contributed by atoms with Crippen LogP contribution in [0.4, 0.5) is 0 Å². The van der Waals surface area contributed by atoms with Gasteiger partial charge in [-0.1, -0.05) is 51.9 Å². The van der Waals surface area contributed by atoms with Crippen molar-refractivity contribution in [2.75, 3.05) is 13.1 Å². The third kappa shape index (κ3) is 9.21. The summed E-state index contributed by atoms with van der Waals surface area (Å²) in [7, 11) is 0. The first-order valence-electron chi connectivity index (χ1n) is 8.75. The van der Waals surface area contributed by atoms with Gasteiger partial charge in [0.1, 0.15) is 0 Å². The highest BCUT2D eigenvalue weighted by atomic mass is 16.4. The first-order chi connectivity index (χ1) is 11.0. The largest absolute Gasteiger partial charge is 0.481 e. The van der Waals surface area contributed by atoms with Crippen molar-refractivity contribution in [1.82, 2.24) is 10.6 Å². The molecule has 0 aromatic heterocycles. The van der Waals surface area contributed by atoms with Crippen molar-refractivity contribution in [2.24, 2.45) is 11.8 Å². The average molecular weight is 326 g/mol. The molecule has 0 aromatic carbocycles. The second-order valence-corrected chi connectivity index (χ2v) is 6.57. The van der Waals surface area contributed by atoms with E-state index in [4.69, 9.17) is 5.11 Å². The zero-order chi connectivity index (χ0) is 17.1. The van der Waals surface area contributed by atoms with Crippen LogP contribution in [0.3, 0.4) is 0 Å². The van der Waals surface area contributed by atoms with Gasteiger partial charge in [-0.3, -0.25) is 14.4 Å². The summed E-state index contributed by atoms with van der Waals surface area (Å²) in [6.45, 7) is 1.51. The van der Waals surface area contributed by atoms with Crippen molar-refractivity contribution in [3.8, 4) is 0 Å². The molecule has 23 heavy (non-hydrogen) atoms. The van der Waals surface area contributed by atoms with E-state index >= 15 is 0 Å². The zero-order valence-corrected chi connectivity index (χ0v) is 14.1. The summed E-state index contributed by atoms with van der Waals surface area (Å²) in [4.78, 5) is 33.8.